The molecule has 0 bridgehead atoms. The van der Waals surface area contributed by atoms with E-state index in [-0.39, 0.29) is 30.4 Å². The molecule has 0 radical (unpaired) electrons. The summed E-state index contributed by atoms with van der Waals surface area (Å²) in [6.45, 7) is 6.45. The van der Waals surface area contributed by atoms with Crippen molar-refractivity contribution in [2.45, 2.75) is 110 Å². The second kappa shape index (κ2) is 18.6. The van der Waals surface area contributed by atoms with Gasteiger partial charge in [0.05, 0.1) is 0 Å². The number of aliphatic hydroxyl groups excluding tert-OH is 2. The van der Waals surface area contributed by atoms with E-state index in [0.29, 0.717) is 71.6 Å². The van der Waals surface area contributed by atoms with Gasteiger partial charge in [-0.05, 0) is 141 Å². The molecule has 5 rings (SSSR count). The minimum absolute atomic E-state index is 0.0647. The predicted octanol–water partition coefficient (Wildman–Crippen LogP) is 9.23. The molecular formula is C44H53FO7. The number of halogens is 1. The summed E-state index contributed by atoms with van der Waals surface area (Å²) in [5.41, 5.74) is 4.91. The molecule has 0 aromatic heterocycles. The molecule has 7 nitrogen and oxygen atoms in total. The van der Waals surface area contributed by atoms with Crippen molar-refractivity contribution < 1.29 is 38.5 Å². The second-order valence-electron chi connectivity index (χ2n) is 14.7. The van der Waals surface area contributed by atoms with Gasteiger partial charge in [0.2, 0.25) is 5.78 Å². The number of carbonyl (C=O) groups is 3. The first-order valence-electron chi connectivity index (χ1n) is 19.0. The van der Waals surface area contributed by atoms with E-state index < -0.39 is 17.7 Å². The zero-order valence-corrected chi connectivity index (χ0v) is 30.7. The van der Waals surface area contributed by atoms with Crippen LogP contribution in [0.3, 0.4) is 0 Å². The van der Waals surface area contributed by atoms with Crippen LogP contribution in [0.15, 0.2) is 60.7 Å². The van der Waals surface area contributed by atoms with Gasteiger partial charge in [-0.1, -0.05) is 56.9 Å². The van der Waals surface area contributed by atoms with Crippen molar-refractivity contribution in [1.29, 1.82) is 0 Å². The van der Waals surface area contributed by atoms with Gasteiger partial charge in [0.15, 0.2) is 0 Å². The molecule has 2 aliphatic rings. The molecule has 278 valence electrons. The Morgan fingerprint density at radius 1 is 0.712 bits per heavy atom. The molecule has 52 heavy (non-hydrogen) atoms. The van der Waals surface area contributed by atoms with E-state index in [9.17, 15) is 24.6 Å². The second-order valence-corrected chi connectivity index (χ2v) is 14.7. The lowest BCUT2D eigenvalue weighted by molar-refractivity contribution is -0.146. The Kier molecular flexibility index (Phi) is 14.0. The number of aryl methyl sites for hydroxylation is 1. The molecule has 3 aromatic carbocycles. The van der Waals surface area contributed by atoms with E-state index in [0.717, 1.165) is 49.1 Å². The molecule has 0 heterocycles. The van der Waals surface area contributed by atoms with Crippen LogP contribution in [0.25, 0.3) is 22.3 Å². The summed E-state index contributed by atoms with van der Waals surface area (Å²) in [5, 5.41) is 19.0. The largest absolute Gasteiger partial charge is 0.423 e. The summed E-state index contributed by atoms with van der Waals surface area (Å²) in [6.07, 6.45) is 13.3. The molecule has 0 saturated heterocycles. The smallest absolute Gasteiger partial charge is 0.379 e. The van der Waals surface area contributed by atoms with Crippen LogP contribution in [-0.2, 0) is 27.2 Å². The van der Waals surface area contributed by atoms with Crippen LogP contribution in [0.1, 0.15) is 114 Å². The van der Waals surface area contributed by atoms with Gasteiger partial charge in [0.25, 0.3) is 0 Å². The molecule has 2 saturated carbocycles. The number of hydrogen-bond donors (Lipinski definition) is 2. The summed E-state index contributed by atoms with van der Waals surface area (Å²) in [4.78, 5) is 36.9. The van der Waals surface area contributed by atoms with Gasteiger partial charge < -0.3 is 19.7 Å². The predicted molar refractivity (Wildman–Crippen MR) is 201 cm³/mol. The third-order valence-electron chi connectivity index (χ3n) is 10.9. The fourth-order valence-electron chi connectivity index (χ4n) is 8.04. The Balaban J connectivity index is 1.56. The molecule has 2 aliphatic carbocycles. The van der Waals surface area contributed by atoms with Crippen molar-refractivity contribution in [2.75, 3.05) is 13.2 Å². The average molecular weight is 713 g/mol. The molecule has 0 aliphatic heterocycles. The first-order chi connectivity index (χ1) is 25.1. The van der Waals surface area contributed by atoms with Gasteiger partial charge in [-0.25, -0.2) is 14.0 Å². The minimum Gasteiger partial charge on any atom is -0.423 e. The Hall–Kier alpha value is -4.14. The van der Waals surface area contributed by atoms with E-state index in [2.05, 4.69) is 6.58 Å². The number of hydrogen-bond acceptors (Lipinski definition) is 7. The number of benzene rings is 3. The van der Waals surface area contributed by atoms with Crippen molar-refractivity contribution in [1.82, 2.24) is 0 Å². The van der Waals surface area contributed by atoms with Crippen molar-refractivity contribution in [2.24, 2.45) is 11.8 Å². The normalized spacial score (nSPS) is 17.6. The summed E-state index contributed by atoms with van der Waals surface area (Å²) >= 11 is 0. The van der Waals surface area contributed by atoms with Crippen molar-refractivity contribution >= 4 is 17.7 Å². The Bertz CT molecular complexity index is 1750. The van der Waals surface area contributed by atoms with Gasteiger partial charge in [-0.3, -0.25) is 4.79 Å². The Morgan fingerprint density at radius 2 is 1.40 bits per heavy atom. The number of aliphatic hydroxyl groups is 2. The van der Waals surface area contributed by atoms with Crippen LogP contribution < -0.4 is 9.47 Å². The summed E-state index contributed by atoms with van der Waals surface area (Å²) in [7, 11) is 0. The van der Waals surface area contributed by atoms with E-state index in [1.807, 2.05) is 24.3 Å². The van der Waals surface area contributed by atoms with Crippen LogP contribution in [-0.4, -0.2) is 41.1 Å². The molecule has 2 fully saturated rings. The van der Waals surface area contributed by atoms with E-state index in [1.165, 1.54) is 38.5 Å². The van der Waals surface area contributed by atoms with E-state index in [1.54, 1.807) is 31.2 Å². The number of carbonyl (C=O) groups excluding carboxylic acids is 3. The van der Waals surface area contributed by atoms with Gasteiger partial charge in [0.1, 0.15) is 17.3 Å². The maximum Gasteiger partial charge on any atom is 0.379 e. The van der Waals surface area contributed by atoms with Crippen LogP contribution in [0, 0.1) is 17.7 Å². The minimum atomic E-state index is -0.987. The molecule has 0 spiro atoms. The molecule has 8 heteroatoms. The third kappa shape index (κ3) is 9.84. The molecule has 0 amide bonds. The Morgan fingerprint density at radius 3 is 2.06 bits per heavy atom. The molecule has 2 N–H and O–H groups in total. The Labute approximate surface area is 307 Å². The SMILES string of the molecule is C=C(C)C(=O)Oc1cc(-c2ccc(C3CCC(C4CCCC4)CC3)cc2F)cc(-c2ccc(OC(=O)C(C)=O)c(CCCO)c2)c1CCCCCO. The monoisotopic (exact) mass is 712 g/mol. The fourth-order valence-corrected chi connectivity index (χ4v) is 8.04. The number of rotatable bonds is 16. The fraction of sp³-hybridized carbons (Fsp3) is 0.477. The first kappa shape index (κ1) is 39.1. The summed E-state index contributed by atoms with van der Waals surface area (Å²) in [5.74, 6) is -0.168. The van der Waals surface area contributed by atoms with E-state index >= 15 is 4.39 Å². The highest BCUT2D eigenvalue weighted by atomic mass is 19.1. The number of ether oxygens (including phenoxy) is 2. The van der Waals surface area contributed by atoms with E-state index in [4.69, 9.17) is 9.47 Å². The van der Waals surface area contributed by atoms with Crippen LogP contribution in [0.5, 0.6) is 11.5 Å². The summed E-state index contributed by atoms with van der Waals surface area (Å²) < 4.78 is 27.6. The maximum absolute atomic E-state index is 16.3. The lowest BCUT2D eigenvalue weighted by atomic mass is 9.73. The van der Waals surface area contributed by atoms with Gasteiger partial charge >= 0.3 is 11.9 Å². The third-order valence-corrected chi connectivity index (χ3v) is 10.9. The highest BCUT2D eigenvalue weighted by Crippen LogP contribution is 2.45. The number of ketones is 1. The quantitative estimate of drug-likeness (QED) is 0.0501. The number of unbranched alkanes of at least 4 members (excludes halogenated alkanes) is 2. The maximum atomic E-state index is 16.3. The van der Waals surface area contributed by atoms with Gasteiger partial charge in [-0.15, -0.1) is 0 Å². The summed E-state index contributed by atoms with van der Waals surface area (Å²) in [6, 6.07) is 14.3. The number of Topliss-reactive ketones (excluding diaryl/α,β-unsaturated/α-hetero) is 1. The van der Waals surface area contributed by atoms with Gasteiger partial charge in [0, 0.05) is 36.8 Å². The lowest BCUT2D eigenvalue weighted by Gasteiger charge is -2.32. The average Bonchev–Trinajstić information content (AvgIpc) is 3.68. The molecule has 0 atom stereocenters. The van der Waals surface area contributed by atoms with Gasteiger partial charge in [-0.2, -0.15) is 0 Å². The molecule has 3 aromatic rings. The van der Waals surface area contributed by atoms with Crippen LogP contribution >= 0.6 is 0 Å². The zero-order chi connectivity index (χ0) is 37.2. The molecule has 0 unspecified atom stereocenters. The van der Waals surface area contributed by atoms with Crippen molar-refractivity contribution in [3.05, 3.63) is 83.2 Å². The van der Waals surface area contributed by atoms with Crippen LogP contribution in [0.4, 0.5) is 4.39 Å². The standard InChI is InChI=1S/C44H53FO7/c1-28(2)43(49)52-42-27-36(37-20-18-33(26-40(37)45)32-16-14-31(15-17-32)30-10-6-7-11-30)25-39(38(42)13-5-4-8-22-46)34-19-21-41(51-44(50)29(3)48)35(24-34)12-9-23-47/h18-21,24-27,30-32,46-47H,1,4-17,22-23H2,2-3H3. The van der Waals surface area contributed by atoms with Crippen LogP contribution in [0.2, 0.25) is 0 Å². The zero-order valence-electron chi connectivity index (χ0n) is 30.7. The first-order valence-corrected chi connectivity index (χ1v) is 19.0. The molecular weight excluding hydrogens is 659 g/mol. The number of esters is 2. The topological polar surface area (TPSA) is 110 Å². The highest BCUT2D eigenvalue weighted by molar-refractivity contribution is 6.33. The van der Waals surface area contributed by atoms with Crippen molar-refractivity contribution in [3.63, 3.8) is 0 Å². The van der Waals surface area contributed by atoms with Crippen molar-refractivity contribution in [3.8, 4) is 33.8 Å². The highest BCUT2D eigenvalue weighted by Gasteiger charge is 2.30. The lowest BCUT2D eigenvalue weighted by Crippen LogP contribution is -2.19.